The largest absolute Gasteiger partial charge is 0.495 e. The van der Waals surface area contributed by atoms with Crippen molar-refractivity contribution in [2.45, 2.75) is 13.8 Å². The van der Waals surface area contributed by atoms with E-state index in [9.17, 15) is 13.2 Å². The van der Waals surface area contributed by atoms with Gasteiger partial charge in [0.05, 0.1) is 12.8 Å². The second-order valence-electron chi connectivity index (χ2n) is 7.33. The van der Waals surface area contributed by atoms with Crippen molar-refractivity contribution in [3.8, 4) is 5.75 Å². The Balaban J connectivity index is 1.62. The summed E-state index contributed by atoms with van der Waals surface area (Å²) in [5.74, 6) is -0.860. The average molecular weight is 452 g/mol. The third-order valence-electron chi connectivity index (χ3n) is 5.07. The van der Waals surface area contributed by atoms with Crippen LogP contribution < -0.4 is 15.0 Å². The van der Waals surface area contributed by atoms with E-state index in [-0.39, 0.29) is 0 Å². The lowest BCUT2D eigenvalue weighted by Gasteiger charge is -2.35. The maximum Gasteiger partial charge on any atom is 0.241 e. The summed E-state index contributed by atoms with van der Waals surface area (Å²) in [5, 5.41) is 3.13. The fourth-order valence-corrected chi connectivity index (χ4v) is 4.88. The van der Waals surface area contributed by atoms with Gasteiger partial charge < -0.3 is 15.0 Å². The third kappa shape index (κ3) is 5.24. The van der Waals surface area contributed by atoms with E-state index in [4.69, 9.17) is 16.3 Å². The van der Waals surface area contributed by atoms with Gasteiger partial charge in [-0.1, -0.05) is 23.7 Å². The van der Waals surface area contributed by atoms with Crippen molar-refractivity contribution >= 4 is 38.9 Å². The summed E-state index contributed by atoms with van der Waals surface area (Å²) in [5.41, 5.74) is 3.38. The molecule has 0 spiro atoms. The van der Waals surface area contributed by atoms with Crippen LogP contribution in [-0.4, -0.2) is 57.7 Å². The molecule has 0 saturated carbocycles. The van der Waals surface area contributed by atoms with E-state index in [1.54, 1.807) is 19.1 Å². The molecular formula is C21H26ClN3O4S. The van der Waals surface area contributed by atoms with E-state index in [1.807, 2.05) is 25.1 Å². The van der Waals surface area contributed by atoms with Gasteiger partial charge >= 0.3 is 0 Å². The predicted molar refractivity (Wildman–Crippen MR) is 120 cm³/mol. The highest BCUT2D eigenvalue weighted by atomic mass is 35.5. The number of carbonyl (C=O) groups excluding carboxylic acids is 1. The molecule has 30 heavy (non-hydrogen) atoms. The second-order valence-corrected chi connectivity index (χ2v) is 9.71. The quantitative estimate of drug-likeness (QED) is 0.730. The first-order valence-electron chi connectivity index (χ1n) is 9.63. The summed E-state index contributed by atoms with van der Waals surface area (Å²) in [6.45, 7) is 5.66. The van der Waals surface area contributed by atoms with Gasteiger partial charge in [-0.2, -0.15) is 4.31 Å². The minimum absolute atomic E-state index is 0.340. The molecule has 1 N–H and O–H groups in total. The zero-order valence-electron chi connectivity index (χ0n) is 17.3. The first-order valence-corrected chi connectivity index (χ1v) is 11.6. The number of hydrogen-bond donors (Lipinski definition) is 1. The monoisotopic (exact) mass is 451 g/mol. The number of halogens is 1. The van der Waals surface area contributed by atoms with Crippen LogP contribution in [0.5, 0.6) is 5.75 Å². The van der Waals surface area contributed by atoms with Gasteiger partial charge in [0.15, 0.2) is 0 Å². The summed E-state index contributed by atoms with van der Waals surface area (Å²) in [7, 11) is -2.27. The van der Waals surface area contributed by atoms with Crippen LogP contribution in [0.4, 0.5) is 11.4 Å². The van der Waals surface area contributed by atoms with Crippen LogP contribution in [0.1, 0.15) is 11.1 Å². The molecule has 1 amide bonds. The number of aryl methyl sites for hydroxylation is 2. The first-order chi connectivity index (χ1) is 14.2. The molecule has 2 aromatic carbocycles. The van der Waals surface area contributed by atoms with Crippen LogP contribution >= 0.6 is 11.6 Å². The minimum atomic E-state index is -3.73. The average Bonchev–Trinajstić information content (AvgIpc) is 2.70. The molecule has 3 rings (SSSR count). The molecule has 2 aromatic rings. The van der Waals surface area contributed by atoms with Gasteiger partial charge in [-0.05, 0) is 43.2 Å². The minimum Gasteiger partial charge on any atom is -0.495 e. The van der Waals surface area contributed by atoms with Crippen molar-refractivity contribution in [3.63, 3.8) is 0 Å². The number of carbonyl (C=O) groups is 1. The lowest BCUT2D eigenvalue weighted by molar-refractivity contribution is -0.113. The summed E-state index contributed by atoms with van der Waals surface area (Å²) < 4.78 is 32.1. The van der Waals surface area contributed by atoms with E-state index < -0.39 is 21.7 Å². The lowest BCUT2D eigenvalue weighted by Crippen LogP contribution is -2.50. The van der Waals surface area contributed by atoms with Crippen LogP contribution in [0.3, 0.4) is 0 Å². The van der Waals surface area contributed by atoms with E-state index >= 15 is 0 Å². The van der Waals surface area contributed by atoms with Gasteiger partial charge in [0, 0.05) is 43.0 Å². The first kappa shape index (κ1) is 22.4. The maximum absolute atomic E-state index is 12.8. The van der Waals surface area contributed by atoms with E-state index in [0.29, 0.717) is 42.6 Å². The number of anilines is 2. The molecular weight excluding hydrogens is 426 g/mol. The molecule has 1 aliphatic heterocycles. The SMILES string of the molecule is COc1cc(Cl)c(C)cc1NC(=O)CS(=O)(=O)N1CCN(c2cccc(C)c2)CC1. The van der Waals surface area contributed by atoms with Crippen molar-refractivity contribution in [2.24, 2.45) is 0 Å². The molecule has 0 aromatic heterocycles. The van der Waals surface area contributed by atoms with Crippen molar-refractivity contribution in [3.05, 3.63) is 52.5 Å². The zero-order chi connectivity index (χ0) is 21.9. The van der Waals surface area contributed by atoms with Crippen molar-refractivity contribution in [2.75, 3.05) is 49.3 Å². The molecule has 1 saturated heterocycles. The highest BCUT2D eigenvalue weighted by Gasteiger charge is 2.29. The zero-order valence-corrected chi connectivity index (χ0v) is 18.9. The number of methoxy groups -OCH3 is 1. The third-order valence-corrected chi connectivity index (χ3v) is 7.25. The molecule has 0 aliphatic carbocycles. The van der Waals surface area contributed by atoms with Crippen molar-refractivity contribution in [1.82, 2.24) is 4.31 Å². The lowest BCUT2D eigenvalue weighted by atomic mass is 10.2. The number of hydrogen-bond acceptors (Lipinski definition) is 5. The van der Waals surface area contributed by atoms with Gasteiger partial charge in [-0.15, -0.1) is 0 Å². The van der Waals surface area contributed by atoms with E-state index in [1.165, 1.54) is 11.4 Å². The normalized spacial score (nSPS) is 15.1. The molecule has 1 heterocycles. The Bertz CT molecular complexity index is 1030. The van der Waals surface area contributed by atoms with Gasteiger partial charge in [0.2, 0.25) is 15.9 Å². The molecule has 9 heteroatoms. The number of nitrogens with zero attached hydrogens (tertiary/aromatic N) is 2. The molecule has 1 aliphatic rings. The van der Waals surface area contributed by atoms with Crippen LogP contribution in [0, 0.1) is 13.8 Å². The molecule has 0 atom stereocenters. The number of ether oxygens (including phenoxy) is 1. The van der Waals surface area contributed by atoms with Gasteiger partial charge in [-0.25, -0.2) is 8.42 Å². The Kier molecular flexibility index (Phi) is 6.90. The fraction of sp³-hybridized carbons (Fsp3) is 0.381. The number of nitrogens with one attached hydrogen (secondary N) is 1. The smallest absolute Gasteiger partial charge is 0.241 e. The van der Waals surface area contributed by atoms with Gasteiger partial charge in [0.1, 0.15) is 11.5 Å². The van der Waals surface area contributed by atoms with Crippen LogP contribution in [0.25, 0.3) is 0 Å². The Morgan fingerprint density at radius 3 is 2.47 bits per heavy atom. The highest BCUT2D eigenvalue weighted by molar-refractivity contribution is 7.89. The number of sulfonamides is 1. The molecule has 7 nitrogen and oxygen atoms in total. The summed E-state index contributed by atoms with van der Waals surface area (Å²) >= 11 is 6.07. The molecule has 0 bridgehead atoms. The number of amides is 1. The summed E-state index contributed by atoms with van der Waals surface area (Å²) in [6.07, 6.45) is 0. The van der Waals surface area contributed by atoms with E-state index in [0.717, 1.165) is 16.8 Å². The Morgan fingerprint density at radius 1 is 1.13 bits per heavy atom. The van der Waals surface area contributed by atoms with Gasteiger partial charge in [0.25, 0.3) is 0 Å². The van der Waals surface area contributed by atoms with Crippen molar-refractivity contribution < 1.29 is 17.9 Å². The number of piperazine rings is 1. The van der Waals surface area contributed by atoms with E-state index in [2.05, 4.69) is 16.3 Å². The van der Waals surface area contributed by atoms with Crippen LogP contribution in [-0.2, 0) is 14.8 Å². The molecule has 0 radical (unpaired) electrons. The summed E-state index contributed by atoms with van der Waals surface area (Å²) in [6, 6.07) is 11.4. The molecule has 162 valence electrons. The summed E-state index contributed by atoms with van der Waals surface area (Å²) in [4.78, 5) is 14.6. The Labute approximate surface area is 182 Å². The van der Waals surface area contributed by atoms with Crippen LogP contribution in [0.15, 0.2) is 36.4 Å². The Hall–Kier alpha value is -2.29. The number of rotatable bonds is 6. The number of benzene rings is 2. The van der Waals surface area contributed by atoms with Crippen molar-refractivity contribution in [1.29, 1.82) is 0 Å². The standard InChI is InChI=1S/C21H26ClN3O4S/c1-15-5-4-6-17(11-15)24-7-9-25(10-8-24)30(27,28)14-21(26)23-19-12-16(2)18(22)13-20(19)29-3/h4-6,11-13H,7-10,14H2,1-3H3,(H,23,26). The topological polar surface area (TPSA) is 78.9 Å². The molecule has 1 fully saturated rings. The highest BCUT2D eigenvalue weighted by Crippen LogP contribution is 2.31. The molecule has 0 unspecified atom stereocenters. The fourth-order valence-electron chi connectivity index (χ4n) is 3.42. The van der Waals surface area contributed by atoms with Crippen LogP contribution in [0.2, 0.25) is 5.02 Å². The second kappa shape index (κ2) is 9.24. The maximum atomic E-state index is 12.8. The van der Waals surface area contributed by atoms with Gasteiger partial charge in [-0.3, -0.25) is 4.79 Å². The predicted octanol–water partition coefficient (Wildman–Crippen LogP) is 3.06. The Morgan fingerprint density at radius 2 is 1.83 bits per heavy atom.